The third-order valence-corrected chi connectivity index (χ3v) is 5.50. The predicted octanol–water partition coefficient (Wildman–Crippen LogP) is 5.18. The highest BCUT2D eigenvalue weighted by Gasteiger charge is 2.16. The van der Waals surface area contributed by atoms with Gasteiger partial charge in [-0.1, -0.05) is 85.4 Å². The second-order valence-corrected chi connectivity index (χ2v) is 7.71. The van der Waals surface area contributed by atoms with Gasteiger partial charge < -0.3 is 9.84 Å². The average molecular weight is 389 g/mol. The highest BCUT2D eigenvalue weighted by molar-refractivity contribution is 5.76. The number of nitrogens with zero attached hydrogens (tertiary/aromatic N) is 2. The SMILES string of the molecule is O=C(CCc1nc(-c2ccc(-c3ccccc3)cc2)no1)NC1CCCCCC1. The Kier molecular flexibility index (Phi) is 6.35. The lowest BCUT2D eigenvalue weighted by Crippen LogP contribution is -2.34. The first-order valence-electron chi connectivity index (χ1n) is 10.6. The van der Waals surface area contributed by atoms with E-state index in [1.165, 1.54) is 31.2 Å². The van der Waals surface area contributed by atoms with Crippen LogP contribution in [0, 0.1) is 0 Å². The standard InChI is InChI=1S/C24H27N3O2/c28-22(25-21-10-6-1-2-7-11-21)16-17-23-26-24(27-29-23)20-14-12-19(13-15-20)18-8-4-3-5-9-18/h3-5,8-9,12-15,21H,1-2,6-7,10-11,16-17H2,(H,25,28). The number of hydrogen-bond donors (Lipinski definition) is 1. The molecule has 1 amide bonds. The molecule has 0 atom stereocenters. The molecular formula is C24H27N3O2. The van der Waals surface area contributed by atoms with Crippen LogP contribution in [-0.2, 0) is 11.2 Å². The summed E-state index contributed by atoms with van der Waals surface area (Å²) in [5.41, 5.74) is 3.23. The number of carbonyl (C=O) groups excluding carboxylic acids is 1. The fourth-order valence-electron chi connectivity index (χ4n) is 3.86. The summed E-state index contributed by atoms with van der Waals surface area (Å²) in [4.78, 5) is 16.7. The van der Waals surface area contributed by atoms with E-state index < -0.39 is 0 Å². The summed E-state index contributed by atoms with van der Waals surface area (Å²) in [6.45, 7) is 0. The first-order valence-corrected chi connectivity index (χ1v) is 10.6. The molecule has 0 bridgehead atoms. The summed E-state index contributed by atoms with van der Waals surface area (Å²) in [6, 6.07) is 18.7. The van der Waals surface area contributed by atoms with Crippen LogP contribution in [0.25, 0.3) is 22.5 Å². The number of carbonyl (C=O) groups is 1. The van der Waals surface area contributed by atoms with Gasteiger partial charge in [0.25, 0.3) is 0 Å². The fourth-order valence-corrected chi connectivity index (χ4v) is 3.86. The molecule has 3 aromatic rings. The molecule has 4 rings (SSSR count). The smallest absolute Gasteiger partial charge is 0.227 e. The first-order chi connectivity index (χ1) is 14.3. The number of aromatic nitrogens is 2. The predicted molar refractivity (Wildman–Crippen MR) is 113 cm³/mol. The molecule has 0 unspecified atom stereocenters. The van der Waals surface area contributed by atoms with Crippen molar-refractivity contribution in [2.24, 2.45) is 0 Å². The Bertz CT molecular complexity index is 911. The zero-order valence-corrected chi connectivity index (χ0v) is 16.6. The zero-order chi connectivity index (χ0) is 19.9. The highest BCUT2D eigenvalue weighted by Crippen LogP contribution is 2.23. The van der Waals surface area contributed by atoms with E-state index in [1.807, 2.05) is 30.3 Å². The molecule has 1 N–H and O–H groups in total. The van der Waals surface area contributed by atoms with Gasteiger partial charge in [-0.2, -0.15) is 4.98 Å². The van der Waals surface area contributed by atoms with E-state index in [-0.39, 0.29) is 5.91 Å². The third kappa shape index (κ3) is 5.31. The van der Waals surface area contributed by atoms with E-state index in [4.69, 9.17) is 4.52 Å². The van der Waals surface area contributed by atoms with E-state index in [0.717, 1.165) is 24.0 Å². The molecule has 2 aromatic carbocycles. The molecule has 0 spiro atoms. The van der Waals surface area contributed by atoms with Crippen molar-refractivity contribution >= 4 is 5.91 Å². The minimum absolute atomic E-state index is 0.0730. The summed E-state index contributed by atoms with van der Waals surface area (Å²) in [5.74, 6) is 1.14. The quantitative estimate of drug-likeness (QED) is 0.590. The van der Waals surface area contributed by atoms with Crippen molar-refractivity contribution in [3.8, 4) is 22.5 Å². The summed E-state index contributed by atoms with van der Waals surface area (Å²) in [7, 11) is 0. The molecule has 5 heteroatoms. The minimum atomic E-state index is 0.0730. The highest BCUT2D eigenvalue weighted by atomic mass is 16.5. The van der Waals surface area contributed by atoms with Gasteiger partial charge in [-0.25, -0.2) is 0 Å². The number of aryl methyl sites for hydroxylation is 1. The second kappa shape index (κ2) is 9.50. The minimum Gasteiger partial charge on any atom is -0.353 e. The fraction of sp³-hybridized carbons (Fsp3) is 0.375. The normalized spacial score (nSPS) is 15.0. The molecule has 1 aliphatic rings. The van der Waals surface area contributed by atoms with Crippen molar-refractivity contribution in [3.05, 3.63) is 60.5 Å². The summed E-state index contributed by atoms with van der Waals surface area (Å²) < 4.78 is 5.35. The van der Waals surface area contributed by atoms with Crippen LogP contribution in [0.5, 0.6) is 0 Å². The number of hydrogen-bond acceptors (Lipinski definition) is 4. The van der Waals surface area contributed by atoms with Gasteiger partial charge in [0.05, 0.1) is 0 Å². The first kappa shape index (κ1) is 19.4. The molecule has 5 nitrogen and oxygen atoms in total. The molecule has 1 saturated carbocycles. The Balaban J connectivity index is 1.32. The summed E-state index contributed by atoms with van der Waals surface area (Å²) >= 11 is 0. The van der Waals surface area contributed by atoms with Crippen LogP contribution in [0.2, 0.25) is 0 Å². The van der Waals surface area contributed by atoms with E-state index >= 15 is 0 Å². The molecule has 0 saturated heterocycles. The van der Waals surface area contributed by atoms with Crippen molar-refractivity contribution < 1.29 is 9.32 Å². The van der Waals surface area contributed by atoms with Crippen molar-refractivity contribution in [1.29, 1.82) is 0 Å². The molecule has 0 aliphatic heterocycles. The van der Waals surface area contributed by atoms with Crippen LogP contribution >= 0.6 is 0 Å². The van der Waals surface area contributed by atoms with Gasteiger partial charge in [0, 0.05) is 24.4 Å². The largest absolute Gasteiger partial charge is 0.353 e. The molecule has 150 valence electrons. The van der Waals surface area contributed by atoms with Crippen molar-refractivity contribution in [1.82, 2.24) is 15.5 Å². The number of nitrogens with one attached hydrogen (secondary N) is 1. The van der Waals surface area contributed by atoms with E-state index in [1.54, 1.807) is 0 Å². The van der Waals surface area contributed by atoms with Gasteiger partial charge in [0.2, 0.25) is 17.6 Å². The van der Waals surface area contributed by atoms with Gasteiger partial charge in [-0.15, -0.1) is 0 Å². The Morgan fingerprint density at radius 1 is 0.897 bits per heavy atom. The maximum absolute atomic E-state index is 12.2. The molecule has 29 heavy (non-hydrogen) atoms. The molecule has 0 radical (unpaired) electrons. The maximum Gasteiger partial charge on any atom is 0.227 e. The molecular weight excluding hydrogens is 362 g/mol. The Morgan fingerprint density at radius 2 is 1.55 bits per heavy atom. The monoisotopic (exact) mass is 389 g/mol. The summed E-state index contributed by atoms with van der Waals surface area (Å²) in [5, 5.41) is 7.24. The summed E-state index contributed by atoms with van der Waals surface area (Å²) in [6.07, 6.45) is 8.01. The third-order valence-electron chi connectivity index (χ3n) is 5.50. The van der Waals surface area contributed by atoms with E-state index in [0.29, 0.717) is 30.6 Å². The van der Waals surface area contributed by atoms with Crippen molar-refractivity contribution in [3.63, 3.8) is 0 Å². The van der Waals surface area contributed by atoms with Gasteiger partial charge in [0.15, 0.2) is 0 Å². The number of benzene rings is 2. The maximum atomic E-state index is 12.2. The van der Waals surface area contributed by atoms with Crippen LogP contribution < -0.4 is 5.32 Å². The van der Waals surface area contributed by atoms with Crippen LogP contribution in [0.1, 0.15) is 50.8 Å². The zero-order valence-electron chi connectivity index (χ0n) is 16.6. The lowest BCUT2D eigenvalue weighted by molar-refractivity contribution is -0.121. The Hall–Kier alpha value is -2.95. The molecule has 1 heterocycles. The van der Waals surface area contributed by atoms with Crippen molar-refractivity contribution in [2.75, 3.05) is 0 Å². The van der Waals surface area contributed by atoms with Gasteiger partial charge in [-0.05, 0) is 24.0 Å². The lowest BCUT2D eigenvalue weighted by atomic mass is 10.0. The second-order valence-electron chi connectivity index (χ2n) is 7.71. The van der Waals surface area contributed by atoms with E-state index in [9.17, 15) is 4.79 Å². The number of amides is 1. The van der Waals surface area contributed by atoms with E-state index in [2.05, 4.69) is 39.7 Å². The van der Waals surface area contributed by atoms with Gasteiger partial charge in [-0.3, -0.25) is 4.79 Å². The van der Waals surface area contributed by atoms with Crippen LogP contribution in [-0.4, -0.2) is 22.1 Å². The Morgan fingerprint density at radius 3 is 2.28 bits per heavy atom. The van der Waals surface area contributed by atoms with Crippen LogP contribution in [0.15, 0.2) is 59.1 Å². The van der Waals surface area contributed by atoms with Crippen LogP contribution in [0.4, 0.5) is 0 Å². The van der Waals surface area contributed by atoms with Crippen molar-refractivity contribution in [2.45, 2.75) is 57.4 Å². The molecule has 1 fully saturated rings. The van der Waals surface area contributed by atoms with Crippen LogP contribution in [0.3, 0.4) is 0 Å². The molecule has 1 aliphatic carbocycles. The van der Waals surface area contributed by atoms with Gasteiger partial charge in [0.1, 0.15) is 0 Å². The van der Waals surface area contributed by atoms with Gasteiger partial charge >= 0.3 is 0 Å². The molecule has 1 aromatic heterocycles. The lowest BCUT2D eigenvalue weighted by Gasteiger charge is -2.15. The topological polar surface area (TPSA) is 68.0 Å². The Labute approximate surface area is 171 Å². The average Bonchev–Trinajstić information content (AvgIpc) is 3.10. The number of rotatable bonds is 6.